The van der Waals surface area contributed by atoms with E-state index in [0.29, 0.717) is 5.56 Å². The van der Waals surface area contributed by atoms with Gasteiger partial charge in [0.25, 0.3) is 5.69 Å². The molecule has 6 heteroatoms. The third-order valence-electron chi connectivity index (χ3n) is 5.00. The standard InChI is InChI=1S/C22H18N2O4/c1-23-13-19(17-4-2-3-5-20(17)23)22(18-11-10-16(25)12-21(18)26)14-6-8-15(9-7-14)24(27)28/h2-13,22,25-26H,1H3. The molecule has 0 saturated heterocycles. The SMILES string of the molecule is Cn1cc(C(c2ccc([N+](=O)[O-])cc2)c2ccc(O)cc2O)c2ccccc21. The number of hydrogen-bond acceptors (Lipinski definition) is 4. The van der Waals surface area contributed by atoms with Gasteiger partial charge < -0.3 is 14.8 Å². The fourth-order valence-electron chi connectivity index (χ4n) is 3.69. The Kier molecular flexibility index (Phi) is 4.24. The first-order chi connectivity index (χ1) is 13.5. The maximum absolute atomic E-state index is 11.0. The second kappa shape index (κ2) is 6.74. The molecule has 0 amide bonds. The number of aryl methyl sites for hydroxylation is 1. The number of benzene rings is 3. The first kappa shape index (κ1) is 17.6. The van der Waals surface area contributed by atoms with Gasteiger partial charge >= 0.3 is 0 Å². The highest BCUT2D eigenvalue weighted by molar-refractivity contribution is 5.85. The molecule has 1 unspecified atom stereocenters. The van der Waals surface area contributed by atoms with Crippen molar-refractivity contribution in [2.45, 2.75) is 5.92 Å². The van der Waals surface area contributed by atoms with E-state index in [1.807, 2.05) is 42.1 Å². The highest BCUT2D eigenvalue weighted by Gasteiger charge is 2.24. The number of para-hydroxylation sites is 1. The van der Waals surface area contributed by atoms with Crippen LogP contribution >= 0.6 is 0 Å². The summed E-state index contributed by atoms with van der Waals surface area (Å²) < 4.78 is 2.01. The molecule has 1 aromatic heterocycles. The quantitative estimate of drug-likeness (QED) is 0.401. The number of nitro benzene ring substituents is 1. The molecule has 2 N–H and O–H groups in total. The number of nitro groups is 1. The van der Waals surface area contributed by atoms with Crippen molar-refractivity contribution in [3.05, 3.63) is 99.7 Å². The van der Waals surface area contributed by atoms with Gasteiger partial charge in [0.1, 0.15) is 11.5 Å². The van der Waals surface area contributed by atoms with Crippen molar-refractivity contribution < 1.29 is 15.1 Å². The van der Waals surface area contributed by atoms with Crippen LogP contribution in [0.15, 0.2) is 72.9 Å². The van der Waals surface area contributed by atoms with Crippen LogP contribution in [0.4, 0.5) is 5.69 Å². The Labute approximate surface area is 161 Å². The zero-order valence-electron chi connectivity index (χ0n) is 15.1. The molecule has 4 rings (SSSR count). The highest BCUT2D eigenvalue weighted by atomic mass is 16.6. The summed E-state index contributed by atoms with van der Waals surface area (Å²) >= 11 is 0. The molecule has 0 fully saturated rings. The maximum Gasteiger partial charge on any atom is 0.269 e. The molecule has 140 valence electrons. The summed E-state index contributed by atoms with van der Waals surface area (Å²) in [6.45, 7) is 0. The van der Waals surface area contributed by atoms with Gasteiger partial charge in [0.15, 0.2) is 0 Å². The molecule has 1 heterocycles. The predicted molar refractivity (Wildman–Crippen MR) is 107 cm³/mol. The number of non-ortho nitro benzene ring substituents is 1. The zero-order chi connectivity index (χ0) is 19.8. The van der Waals surface area contributed by atoms with Crippen LogP contribution in [-0.2, 0) is 7.05 Å². The third-order valence-corrected chi connectivity index (χ3v) is 5.00. The van der Waals surface area contributed by atoms with Crippen molar-refractivity contribution in [3.63, 3.8) is 0 Å². The van der Waals surface area contributed by atoms with E-state index < -0.39 is 4.92 Å². The normalized spacial score (nSPS) is 12.2. The molecule has 0 aliphatic carbocycles. The van der Waals surface area contributed by atoms with Crippen molar-refractivity contribution in [1.82, 2.24) is 4.57 Å². The fraction of sp³-hybridized carbons (Fsp3) is 0.0909. The average Bonchev–Trinajstić information content (AvgIpc) is 3.01. The molecule has 28 heavy (non-hydrogen) atoms. The Morgan fingerprint density at radius 3 is 2.36 bits per heavy atom. The highest BCUT2D eigenvalue weighted by Crippen LogP contribution is 2.41. The number of aromatic nitrogens is 1. The summed E-state index contributed by atoms with van der Waals surface area (Å²) in [5, 5.41) is 32.3. The number of phenols is 2. The number of fused-ring (bicyclic) bond motifs is 1. The Bertz CT molecular complexity index is 1180. The van der Waals surface area contributed by atoms with Crippen molar-refractivity contribution >= 4 is 16.6 Å². The zero-order valence-corrected chi connectivity index (χ0v) is 15.1. The molecule has 0 saturated carbocycles. The van der Waals surface area contributed by atoms with Gasteiger partial charge in [-0.2, -0.15) is 0 Å². The minimum atomic E-state index is -0.436. The first-order valence-corrected chi connectivity index (χ1v) is 8.76. The van der Waals surface area contributed by atoms with Gasteiger partial charge in [-0.05, 0) is 23.3 Å². The Morgan fingerprint density at radius 1 is 0.964 bits per heavy atom. The Balaban J connectivity index is 1.97. The molecule has 0 radical (unpaired) electrons. The number of hydrogen-bond donors (Lipinski definition) is 2. The monoisotopic (exact) mass is 374 g/mol. The number of phenolic OH excluding ortho intramolecular Hbond substituents is 2. The molecule has 0 spiro atoms. The summed E-state index contributed by atoms with van der Waals surface area (Å²) in [4.78, 5) is 10.6. The lowest BCUT2D eigenvalue weighted by Gasteiger charge is -2.19. The van der Waals surface area contributed by atoms with Crippen molar-refractivity contribution in [2.24, 2.45) is 7.05 Å². The van der Waals surface area contributed by atoms with E-state index in [4.69, 9.17) is 0 Å². The fourth-order valence-corrected chi connectivity index (χ4v) is 3.69. The topological polar surface area (TPSA) is 88.5 Å². The van der Waals surface area contributed by atoms with Crippen LogP contribution in [0.25, 0.3) is 10.9 Å². The number of aromatic hydroxyl groups is 2. The summed E-state index contributed by atoms with van der Waals surface area (Å²) in [7, 11) is 1.95. The van der Waals surface area contributed by atoms with Crippen molar-refractivity contribution in [1.29, 1.82) is 0 Å². The van der Waals surface area contributed by atoms with Crippen LogP contribution in [0.3, 0.4) is 0 Å². The largest absolute Gasteiger partial charge is 0.508 e. The summed E-state index contributed by atoms with van der Waals surface area (Å²) in [5.74, 6) is -0.412. The van der Waals surface area contributed by atoms with Gasteiger partial charge in [-0.15, -0.1) is 0 Å². The predicted octanol–water partition coefficient (Wildman–Crippen LogP) is 4.68. The van der Waals surface area contributed by atoms with E-state index in [0.717, 1.165) is 22.0 Å². The molecule has 1 atom stereocenters. The van der Waals surface area contributed by atoms with Crippen LogP contribution in [-0.4, -0.2) is 19.7 Å². The van der Waals surface area contributed by atoms with Gasteiger partial charge in [0.2, 0.25) is 0 Å². The smallest absolute Gasteiger partial charge is 0.269 e. The Morgan fingerprint density at radius 2 is 1.68 bits per heavy atom. The van der Waals surface area contributed by atoms with E-state index in [2.05, 4.69) is 0 Å². The lowest BCUT2D eigenvalue weighted by atomic mass is 9.84. The van der Waals surface area contributed by atoms with Crippen LogP contribution in [0, 0.1) is 10.1 Å². The van der Waals surface area contributed by atoms with Gasteiger partial charge in [-0.25, -0.2) is 0 Å². The van der Waals surface area contributed by atoms with Gasteiger partial charge in [0, 0.05) is 53.8 Å². The second-order valence-corrected chi connectivity index (χ2v) is 6.74. The third kappa shape index (κ3) is 2.95. The lowest BCUT2D eigenvalue weighted by molar-refractivity contribution is -0.384. The Hall–Kier alpha value is -3.80. The minimum Gasteiger partial charge on any atom is -0.508 e. The molecule has 0 bridgehead atoms. The molecular formula is C22H18N2O4. The van der Waals surface area contributed by atoms with E-state index in [9.17, 15) is 20.3 Å². The van der Waals surface area contributed by atoms with Crippen molar-refractivity contribution in [2.75, 3.05) is 0 Å². The average molecular weight is 374 g/mol. The van der Waals surface area contributed by atoms with E-state index in [1.165, 1.54) is 24.3 Å². The van der Waals surface area contributed by atoms with Gasteiger partial charge in [-0.1, -0.05) is 36.4 Å². The van der Waals surface area contributed by atoms with Gasteiger partial charge in [-0.3, -0.25) is 10.1 Å². The van der Waals surface area contributed by atoms with E-state index in [1.54, 1.807) is 18.2 Å². The maximum atomic E-state index is 11.0. The lowest BCUT2D eigenvalue weighted by Crippen LogP contribution is -2.04. The number of rotatable bonds is 4. The first-order valence-electron chi connectivity index (χ1n) is 8.76. The summed E-state index contributed by atoms with van der Waals surface area (Å²) in [6.07, 6.45) is 2.00. The molecule has 0 aliphatic rings. The van der Waals surface area contributed by atoms with Crippen LogP contribution in [0.1, 0.15) is 22.6 Å². The van der Waals surface area contributed by atoms with Gasteiger partial charge in [0.05, 0.1) is 4.92 Å². The number of nitrogens with zero attached hydrogens (tertiary/aromatic N) is 2. The minimum absolute atomic E-state index is 0.00958. The molecule has 4 aromatic rings. The molecule has 3 aromatic carbocycles. The van der Waals surface area contributed by atoms with Crippen molar-refractivity contribution in [3.8, 4) is 11.5 Å². The summed E-state index contributed by atoms with van der Waals surface area (Å²) in [6, 6.07) is 18.8. The second-order valence-electron chi connectivity index (χ2n) is 6.74. The van der Waals surface area contributed by atoms with Crippen LogP contribution in [0.2, 0.25) is 0 Å². The van der Waals surface area contributed by atoms with E-state index >= 15 is 0 Å². The van der Waals surface area contributed by atoms with Crippen LogP contribution < -0.4 is 0 Å². The van der Waals surface area contributed by atoms with Crippen LogP contribution in [0.5, 0.6) is 11.5 Å². The summed E-state index contributed by atoms with van der Waals surface area (Å²) in [5.41, 5.74) is 3.44. The van der Waals surface area contributed by atoms with E-state index in [-0.39, 0.29) is 23.1 Å². The molecule has 6 nitrogen and oxygen atoms in total. The molecular weight excluding hydrogens is 356 g/mol. The molecule has 0 aliphatic heterocycles.